The second kappa shape index (κ2) is 12.5. The molecule has 2 aromatic rings. The number of halogens is 2. The van der Waals surface area contributed by atoms with Crippen molar-refractivity contribution in [3.63, 3.8) is 0 Å². The first kappa shape index (κ1) is 24.1. The lowest BCUT2D eigenvalue weighted by atomic mass is 10.1. The molecular weight excluding hydrogens is 498 g/mol. The number of aliphatic imine (C=N–C) groups is 1. The lowest BCUT2D eigenvalue weighted by molar-refractivity contribution is -0.115. The lowest BCUT2D eigenvalue weighted by Gasteiger charge is -2.21. The molecule has 1 aliphatic heterocycles. The van der Waals surface area contributed by atoms with Gasteiger partial charge in [0.15, 0.2) is 5.96 Å². The molecule has 162 valence electrons. The highest BCUT2D eigenvalue weighted by molar-refractivity contribution is 14.0. The van der Waals surface area contributed by atoms with Gasteiger partial charge in [0.25, 0.3) is 0 Å². The number of rotatable bonds is 7. The van der Waals surface area contributed by atoms with Gasteiger partial charge in [0, 0.05) is 31.7 Å². The first-order valence-electron chi connectivity index (χ1n) is 9.76. The predicted molar refractivity (Wildman–Crippen MR) is 128 cm³/mol. The van der Waals surface area contributed by atoms with Crippen LogP contribution in [0.4, 0.5) is 10.1 Å². The highest BCUT2D eigenvalue weighted by Gasteiger charge is 2.25. The van der Waals surface area contributed by atoms with Crippen molar-refractivity contribution in [3.05, 3.63) is 66.0 Å². The Hall–Kier alpha value is -2.20. The number of hydrogen-bond acceptors (Lipinski definition) is 3. The number of nitrogens with one attached hydrogen (secondary N) is 2. The molecule has 1 unspecified atom stereocenters. The standard InChI is InChI=1S/C22H27FN4O2.HI/c1-24-22(25-13-21(28)26-20-9-7-19(23)8-10-20)27-12-11-18(14-27)16-29-15-17-5-3-2-4-6-17;/h2-10,18H,11-16H2,1H3,(H,24,25)(H,26,28);1H. The van der Waals surface area contributed by atoms with Crippen LogP contribution in [0, 0.1) is 11.7 Å². The summed E-state index contributed by atoms with van der Waals surface area (Å²) >= 11 is 0. The molecule has 1 fully saturated rings. The minimum Gasteiger partial charge on any atom is -0.376 e. The number of carbonyl (C=O) groups excluding carboxylic acids is 1. The molecule has 1 aliphatic rings. The predicted octanol–water partition coefficient (Wildman–Crippen LogP) is 3.50. The molecule has 0 saturated carbocycles. The van der Waals surface area contributed by atoms with Crippen LogP contribution in [0.25, 0.3) is 0 Å². The van der Waals surface area contributed by atoms with Crippen LogP contribution in [0.15, 0.2) is 59.6 Å². The number of anilines is 1. The summed E-state index contributed by atoms with van der Waals surface area (Å²) in [4.78, 5) is 18.5. The van der Waals surface area contributed by atoms with Gasteiger partial charge in [-0.05, 0) is 36.2 Å². The van der Waals surface area contributed by atoms with Crippen molar-refractivity contribution in [1.82, 2.24) is 10.2 Å². The van der Waals surface area contributed by atoms with Crippen LogP contribution in [0.2, 0.25) is 0 Å². The van der Waals surface area contributed by atoms with Gasteiger partial charge in [-0.1, -0.05) is 30.3 Å². The van der Waals surface area contributed by atoms with Crippen molar-refractivity contribution in [2.24, 2.45) is 10.9 Å². The number of guanidine groups is 1. The summed E-state index contributed by atoms with van der Waals surface area (Å²) in [5.74, 6) is 0.590. The number of hydrogen-bond donors (Lipinski definition) is 2. The average molecular weight is 526 g/mol. The fourth-order valence-electron chi connectivity index (χ4n) is 3.31. The molecule has 1 atom stereocenters. The molecule has 6 nitrogen and oxygen atoms in total. The van der Waals surface area contributed by atoms with E-state index in [1.807, 2.05) is 18.2 Å². The van der Waals surface area contributed by atoms with E-state index in [2.05, 4.69) is 32.7 Å². The highest BCUT2D eigenvalue weighted by Crippen LogP contribution is 2.17. The molecular formula is C22H28FIN4O2. The van der Waals surface area contributed by atoms with Crippen molar-refractivity contribution in [2.45, 2.75) is 13.0 Å². The van der Waals surface area contributed by atoms with Gasteiger partial charge in [0.2, 0.25) is 5.91 Å². The minimum absolute atomic E-state index is 0. The van der Waals surface area contributed by atoms with Crippen LogP contribution in [0.5, 0.6) is 0 Å². The Kier molecular flexibility index (Phi) is 10.0. The molecule has 1 saturated heterocycles. The summed E-state index contributed by atoms with van der Waals surface area (Å²) < 4.78 is 18.8. The normalized spacial score (nSPS) is 16.1. The van der Waals surface area contributed by atoms with E-state index in [1.54, 1.807) is 7.05 Å². The Balaban J connectivity index is 0.00000320. The maximum absolute atomic E-state index is 12.9. The monoisotopic (exact) mass is 526 g/mol. The number of carbonyl (C=O) groups is 1. The molecule has 8 heteroatoms. The first-order valence-corrected chi connectivity index (χ1v) is 9.76. The van der Waals surface area contributed by atoms with Crippen molar-refractivity contribution in [2.75, 3.05) is 38.6 Å². The fourth-order valence-corrected chi connectivity index (χ4v) is 3.31. The number of amides is 1. The van der Waals surface area contributed by atoms with E-state index < -0.39 is 0 Å². The Morgan fingerprint density at radius 1 is 1.20 bits per heavy atom. The van der Waals surface area contributed by atoms with Crippen molar-refractivity contribution in [3.8, 4) is 0 Å². The van der Waals surface area contributed by atoms with E-state index in [-0.39, 0.29) is 42.2 Å². The quantitative estimate of drug-likeness (QED) is 0.330. The molecule has 0 aromatic heterocycles. The molecule has 2 aromatic carbocycles. The molecule has 3 rings (SSSR count). The summed E-state index contributed by atoms with van der Waals surface area (Å²) in [5, 5.41) is 5.82. The Morgan fingerprint density at radius 2 is 1.93 bits per heavy atom. The van der Waals surface area contributed by atoms with Crippen LogP contribution in [-0.2, 0) is 16.1 Å². The van der Waals surface area contributed by atoms with Crippen LogP contribution >= 0.6 is 24.0 Å². The highest BCUT2D eigenvalue weighted by atomic mass is 127. The molecule has 1 amide bonds. The van der Waals surface area contributed by atoms with Crippen LogP contribution < -0.4 is 10.6 Å². The van der Waals surface area contributed by atoms with Crippen molar-refractivity contribution >= 4 is 41.5 Å². The number of benzene rings is 2. The van der Waals surface area contributed by atoms with Gasteiger partial charge in [0.1, 0.15) is 5.82 Å². The maximum Gasteiger partial charge on any atom is 0.243 e. The van der Waals surface area contributed by atoms with Crippen LogP contribution in [-0.4, -0.2) is 50.1 Å². The van der Waals surface area contributed by atoms with Crippen LogP contribution in [0.3, 0.4) is 0 Å². The topological polar surface area (TPSA) is 66.0 Å². The van der Waals surface area contributed by atoms with Crippen LogP contribution in [0.1, 0.15) is 12.0 Å². The molecule has 0 bridgehead atoms. The zero-order valence-electron chi connectivity index (χ0n) is 17.0. The summed E-state index contributed by atoms with van der Waals surface area (Å²) in [5.41, 5.74) is 1.73. The van der Waals surface area contributed by atoms with E-state index in [0.29, 0.717) is 30.8 Å². The van der Waals surface area contributed by atoms with E-state index in [0.717, 1.165) is 19.5 Å². The molecule has 1 heterocycles. The Labute approximate surface area is 193 Å². The largest absolute Gasteiger partial charge is 0.376 e. The second-order valence-corrected chi connectivity index (χ2v) is 7.06. The smallest absolute Gasteiger partial charge is 0.243 e. The van der Waals surface area contributed by atoms with Gasteiger partial charge >= 0.3 is 0 Å². The number of nitrogens with zero attached hydrogens (tertiary/aromatic N) is 2. The van der Waals surface area contributed by atoms with Crippen molar-refractivity contribution in [1.29, 1.82) is 0 Å². The van der Waals surface area contributed by atoms with Gasteiger partial charge in [-0.25, -0.2) is 4.39 Å². The van der Waals surface area contributed by atoms with Gasteiger partial charge in [0.05, 0.1) is 19.8 Å². The molecule has 0 radical (unpaired) electrons. The average Bonchev–Trinajstić information content (AvgIpc) is 3.20. The fraction of sp³-hybridized carbons (Fsp3) is 0.364. The summed E-state index contributed by atoms with van der Waals surface area (Å²) in [6.45, 7) is 3.13. The van der Waals surface area contributed by atoms with E-state index in [4.69, 9.17) is 4.74 Å². The lowest BCUT2D eigenvalue weighted by Crippen LogP contribution is -2.43. The van der Waals surface area contributed by atoms with Crippen molar-refractivity contribution < 1.29 is 13.9 Å². The van der Waals surface area contributed by atoms with E-state index in [1.165, 1.54) is 29.8 Å². The van der Waals surface area contributed by atoms with E-state index in [9.17, 15) is 9.18 Å². The second-order valence-electron chi connectivity index (χ2n) is 7.06. The molecule has 0 spiro atoms. The molecule has 0 aliphatic carbocycles. The Bertz CT molecular complexity index is 818. The zero-order valence-corrected chi connectivity index (χ0v) is 19.3. The first-order chi connectivity index (χ1) is 14.1. The summed E-state index contributed by atoms with van der Waals surface area (Å²) in [7, 11) is 1.71. The third kappa shape index (κ3) is 7.56. The van der Waals surface area contributed by atoms with Gasteiger partial charge in [-0.15, -0.1) is 24.0 Å². The third-order valence-electron chi connectivity index (χ3n) is 4.80. The van der Waals surface area contributed by atoms with E-state index >= 15 is 0 Å². The SMILES string of the molecule is CN=C(NCC(=O)Nc1ccc(F)cc1)N1CCC(COCc2ccccc2)C1.I. The van der Waals surface area contributed by atoms with Gasteiger partial charge in [-0.2, -0.15) is 0 Å². The number of ether oxygens (including phenoxy) is 1. The summed E-state index contributed by atoms with van der Waals surface area (Å²) in [6.07, 6.45) is 1.03. The maximum atomic E-state index is 12.9. The molecule has 2 N–H and O–H groups in total. The summed E-state index contributed by atoms with van der Waals surface area (Å²) in [6, 6.07) is 15.8. The van der Waals surface area contributed by atoms with Gasteiger partial charge in [-0.3, -0.25) is 9.79 Å². The van der Waals surface area contributed by atoms with Gasteiger partial charge < -0.3 is 20.3 Å². The number of likely N-dealkylation sites (tertiary alicyclic amines) is 1. The minimum atomic E-state index is -0.335. The molecule has 30 heavy (non-hydrogen) atoms. The zero-order chi connectivity index (χ0) is 20.5. The third-order valence-corrected chi connectivity index (χ3v) is 4.80. The Morgan fingerprint density at radius 3 is 2.63 bits per heavy atom.